The number of rotatable bonds is 4. The molecule has 0 spiro atoms. The SMILES string of the molecule is CCCn1nc(C(=O)NNC(=O)c2cc(Cl)cc(Cl)c2)c2ccccc2c1=O. The van der Waals surface area contributed by atoms with E-state index >= 15 is 0 Å². The number of aromatic nitrogens is 2. The van der Waals surface area contributed by atoms with Gasteiger partial charge in [0.05, 0.1) is 5.39 Å². The van der Waals surface area contributed by atoms with E-state index in [1.165, 1.54) is 22.9 Å². The normalized spacial score (nSPS) is 10.7. The molecule has 0 saturated heterocycles. The number of hydrogen-bond acceptors (Lipinski definition) is 4. The van der Waals surface area contributed by atoms with Crippen LogP contribution >= 0.6 is 23.2 Å². The Morgan fingerprint density at radius 1 is 1.00 bits per heavy atom. The molecule has 9 heteroatoms. The number of hydrazine groups is 1. The molecule has 0 radical (unpaired) electrons. The highest BCUT2D eigenvalue weighted by molar-refractivity contribution is 6.35. The van der Waals surface area contributed by atoms with E-state index in [0.717, 1.165) is 0 Å². The first kappa shape index (κ1) is 19.9. The third-order valence-electron chi connectivity index (χ3n) is 3.93. The Hall–Kier alpha value is -2.90. The summed E-state index contributed by atoms with van der Waals surface area (Å²) < 4.78 is 1.25. The predicted molar refractivity (Wildman–Crippen MR) is 108 cm³/mol. The van der Waals surface area contributed by atoms with Crippen molar-refractivity contribution in [3.8, 4) is 0 Å². The molecule has 3 rings (SSSR count). The van der Waals surface area contributed by atoms with Gasteiger partial charge in [-0.25, -0.2) is 4.68 Å². The maximum Gasteiger partial charge on any atom is 0.290 e. The highest BCUT2D eigenvalue weighted by Gasteiger charge is 2.17. The molecule has 0 aliphatic rings. The Bertz CT molecular complexity index is 1110. The topological polar surface area (TPSA) is 93.1 Å². The number of nitrogens with one attached hydrogen (secondary N) is 2. The molecule has 1 aromatic heterocycles. The first-order valence-electron chi connectivity index (χ1n) is 8.47. The lowest BCUT2D eigenvalue weighted by Gasteiger charge is -2.11. The third kappa shape index (κ3) is 4.16. The number of amides is 2. The van der Waals surface area contributed by atoms with Crippen molar-refractivity contribution in [2.24, 2.45) is 0 Å². The van der Waals surface area contributed by atoms with E-state index in [9.17, 15) is 14.4 Å². The van der Waals surface area contributed by atoms with Gasteiger partial charge >= 0.3 is 0 Å². The number of nitrogens with zero attached hydrogens (tertiary/aromatic N) is 2. The summed E-state index contributed by atoms with van der Waals surface area (Å²) in [6.07, 6.45) is 0.679. The van der Waals surface area contributed by atoms with Crippen molar-refractivity contribution in [3.05, 3.63) is 74.1 Å². The Balaban J connectivity index is 1.88. The van der Waals surface area contributed by atoms with Crippen molar-refractivity contribution in [3.63, 3.8) is 0 Å². The number of halogens is 2. The van der Waals surface area contributed by atoms with Crippen molar-refractivity contribution < 1.29 is 9.59 Å². The quantitative estimate of drug-likeness (QED) is 0.636. The number of fused-ring (bicyclic) bond motifs is 1. The van der Waals surface area contributed by atoms with Crippen LogP contribution in [0.4, 0.5) is 0 Å². The molecule has 2 N–H and O–H groups in total. The Morgan fingerprint density at radius 3 is 2.25 bits per heavy atom. The fourth-order valence-corrected chi connectivity index (χ4v) is 3.22. The minimum absolute atomic E-state index is 0.0353. The molecular weight excluding hydrogens is 403 g/mol. The van der Waals surface area contributed by atoms with Crippen LogP contribution in [-0.4, -0.2) is 21.6 Å². The number of aryl methyl sites for hydroxylation is 1. The van der Waals surface area contributed by atoms with Gasteiger partial charge in [0, 0.05) is 27.5 Å². The summed E-state index contributed by atoms with van der Waals surface area (Å²) >= 11 is 11.8. The van der Waals surface area contributed by atoms with Gasteiger partial charge < -0.3 is 0 Å². The molecule has 0 unspecified atom stereocenters. The Kier molecular flexibility index (Phi) is 5.96. The summed E-state index contributed by atoms with van der Waals surface area (Å²) in [7, 11) is 0. The second kappa shape index (κ2) is 8.41. The van der Waals surface area contributed by atoms with Crippen molar-refractivity contribution in [2.45, 2.75) is 19.9 Å². The van der Waals surface area contributed by atoms with Crippen LogP contribution < -0.4 is 16.4 Å². The highest BCUT2D eigenvalue weighted by atomic mass is 35.5. The van der Waals surface area contributed by atoms with Crippen LogP contribution in [0.2, 0.25) is 10.0 Å². The predicted octanol–water partition coefficient (Wildman–Crippen LogP) is 3.19. The lowest BCUT2D eigenvalue weighted by atomic mass is 10.1. The molecule has 2 amide bonds. The molecule has 28 heavy (non-hydrogen) atoms. The second-order valence-electron chi connectivity index (χ2n) is 5.99. The van der Waals surface area contributed by atoms with Gasteiger partial charge in [-0.15, -0.1) is 0 Å². The minimum atomic E-state index is -0.650. The molecule has 0 fully saturated rings. The van der Waals surface area contributed by atoms with Crippen LogP contribution in [0, 0.1) is 0 Å². The lowest BCUT2D eigenvalue weighted by molar-refractivity contribution is 0.0843. The van der Waals surface area contributed by atoms with Crippen molar-refractivity contribution in [2.75, 3.05) is 0 Å². The molecule has 144 valence electrons. The lowest BCUT2D eigenvalue weighted by Crippen LogP contribution is -2.42. The monoisotopic (exact) mass is 418 g/mol. The molecule has 3 aromatic rings. The summed E-state index contributed by atoms with van der Waals surface area (Å²) in [4.78, 5) is 37.4. The number of carbonyl (C=O) groups excluding carboxylic acids is 2. The van der Waals surface area contributed by atoms with E-state index in [1.54, 1.807) is 24.3 Å². The summed E-state index contributed by atoms with van der Waals surface area (Å²) in [5.74, 6) is -1.24. The standard InChI is InChI=1S/C19H16Cl2N4O3/c1-2-7-25-19(28)15-6-4-3-5-14(15)16(24-25)18(27)23-22-17(26)11-8-12(20)10-13(21)9-11/h3-6,8-10H,2,7H2,1H3,(H,22,26)(H,23,27). The number of benzene rings is 2. The number of carbonyl (C=O) groups is 2. The minimum Gasteiger partial charge on any atom is -0.267 e. The van der Waals surface area contributed by atoms with Crippen LogP contribution in [0.1, 0.15) is 34.2 Å². The van der Waals surface area contributed by atoms with E-state index in [4.69, 9.17) is 23.2 Å². The zero-order valence-corrected chi connectivity index (χ0v) is 16.3. The van der Waals surface area contributed by atoms with E-state index in [2.05, 4.69) is 16.0 Å². The molecular formula is C19H16Cl2N4O3. The first-order valence-corrected chi connectivity index (χ1v) is 9.23. The molecule has 7 nitrogen and oxygen atoms in total. The van der Waals surface area contributed by atoms with Gasteiger partial charge in [-0.2, -0.15) is 5.10 Å². The van der Waals surface area contributed by atoms with Gasteiger partial charge in [-0.3, -0.25) is 25.2 Å². The molecule has 1 heterocycles. The van der Waals surface area contributed by atoms with E-state index in [-0.39, 0.29) is 16.8 Å². The van der Waals surface area contributed by atoms with Crippen molar-refractivity contribution >= 4 is 45.8 Å². The Labute approximate surface area is 170 Å². The van der Waals surface area contributed by atoms with E-state index < -0.39 is 11.8 Å². The molecule has 0 atom stereocenters. The maximum atomic E-state index is 12.6. The average molecular weight is 419 g/mol. The van der Waals surface area contributed by atoms with Gasteiger partial charge in [-0.1, -0.05) is 48.3 Å². The van der Waals surface area contributed by atoms with E-state index in [0.29, 0.717) is 33.8 Å². The fourth-order valence-electron chi connectivity index (χ4n) is 2.70. The zero-order chi connectivity index (χ0) is 20.3. The summed E-state index contributed by atoms with van der Waals surface area (Å²) in [5, 5.41) is 5.54. The molecule has 0 aliphatic carbocycles. The average Bonchev–Trinajstić information content (AvgIpc) is 2.67. The van der Waals surface area contributed by atoms with Gasteiger partial charge in [0.2, 0.25) is 0 Å². The molecule has 0 bridgehead atoms. The Morgan fingerprint density at radius 2 is 1.61 bits per heavy atom. The summed E-state index contributed by atoms with van der Waals surface area (Å²) in [6, 6.07) is 11.0. The summed E-state index contributed by atoms with van der Waals surface area (Å²) in [5.41, 5.74) is 4.56. The van der Waals surface area contributed by atoms with Crippen LogP contribution in [-0.2, 0) is 6.54 Å². The van der Waals surface area contributed by atoms with Gasteiger partial charge in [0.15, 0.2) is 5.69 Å². The highest BCUT2D eigenvalue weighted by Crippen LogP contribution is 2.19. The summed E-state index contributed by atoms with van der Waals surface area (Å²) in [6.45, 7) is 2.27. The van der Waals surface area contributed by atoms with Crippen LogP contribution in [0.15, 0.2) is 47.3 Å². The van der Waals surface area contributed by atoms with Crippen LogP contribution in [0.3, 0.4) is 0 Å². The first-order chi connectivity index (χ1) is 13.4. The number of hydrogen-bond donors (Lipinski definition) is 2. The molecule has 2 aromatic carbocycles. The molecule has 0 saturated carbocycles. The van der Waals surface area contributed by atoms with Crippen LogP contribution in [0.25, 0.3) is 10.8 Å². The van der Waals surface area contributed by atoms with E-state index in [1.807, 2.05) is 6.92 Å². The molecule has 0 aliphatic heterocycles. The zero-order valence-electron chi connectivity index (χ0n) is 14.8. The fraction of sp³-hybridized carbons (Fsp3) is 0.158. The smallest absolute Gasteiger partial charge is 0.267 e. The van der Waals surface area contributed by atoms with Crippen molar-refractivity contribution in [1.29, 1.82) is 0 Å². The van der Waals surface area contributed by atoms with Gasteiger partial charge in [0.25, 0.3) is 17.4 Å². The van der Waals surface area contributed by atoms with Crippen molar-refractivity contribution in [1.82, 2.24) is 20.6 Å². The largest absolute Gasteiger partial charge is 0.290 e. The van der Waals surface area contributed by atoms with Gasteiger partial charge in [0.1, 0.15) is 0 Å². The van der Waals surface area contributed by atoms with Crippen LogP contribution in [0.5, 0.6) is 0 Å². The third-order valence-corrected chi connectivity index (χ3v) is 4.37. The maximum absolute atomic E-state index is 12.6. The second-order valence-corrected chi connectivity index (χ2v) is 6.86. The van der Waals surface area contributed by atoms with Gasteiger partial charge in [-0.05, 0) is 30.7 Å².